The number of hydrogen-bond acceptors (Lipinski definition) is 2. The van der Waals surface area contributed by atoms with Gasteiger partial charge in [-0.2, -0.15) is 0 Å². The second-order valence-electron chi connectivity index (χ2n) is 6.12. The Hall–Kier alpha value is -2.91. The summed E-state index contributed by atoms with van der Waals surface area (Å²) < 4.78 is 0. The van der Waals surface area contributed by atoms with Crippen LogP contribution in [-0.2, 0) is 10.3 Å². The molecule has 0 heterocycles. The summed E-state index contributed by atoms with van der Waals surface area (Å²) >= 11 is 0. The number of primary amides is 1. The van der Waals surface area contributed by atoms with E-state index in [0.717, 1.165) is 16.7 Å². The second kappa shape index (κ2) is 7.32. The SMILES string of the molecule is CC(NC(c1ccccc1)(c1ccccc1)c1ccccc1)C(N)=O. The first kappa shape index (κ1) is 16.9. The van der Waals surface area contributed by atoms with E-state index in [1.807, 2.05) is 54.6 Å². The highest BCUT2D eigenvalue weighted by molar-refractivity contribution is 5.79. The molecule has 25 heavy (non-hydrogen) atoms. The Morgan fingerprint density at radius 1 is 0.760 bits per heavy atom. The Morgan fingerprint density at radius 2 is 1.08 bits per heavy atom. The number of nitrogens with two attached hydrogens (primary N) is 1. The fourth-order valence-corrected chi connectivity index (χ4v) is 3.21. The Balaban J connectivity index is 2.29. The number of benzene rings is 3. The summed E-state index contributed by atoms with van der Waals surface area (Å²) in [6.07, 6.45) is 0. The van der Waals surface area contributed by atoms with Gasteiger partial charge in [-0.05, 0) is 23.6 Å². The largest absolute Gasteiger partial charge is 0.368 e. The van der Waals surface area contributed by atoms with Gasteiger partial charge in [-0.3, -0.25) is 10.1 Å². The van der Waals surface area contributed by atoms with Gasteiger partial charge in [0.2, 0.25) is 5.91 Å². The molecule has 3 nitrogen and oxygen atoms in total. The average molecular weight is 330 g/mol. The predicted octanol–water partition coefficient (Wildman–Crippen LogP) is 3.44. The lowest BCUT2D eigenvalue weighted by molar-refractivity contribution is -0.119. The van der Waals surface area contributed by atoms with Crippen LogP contribution in [-0.4, -0.2) is 11.9 Å². The third-order valence-electron chi connectivity index (χ3n) is 4.48. The molecule has 126 valence electrons. The standard InChI is InChI=1S/C22H22N2O/c1-17(21(23)25)24-22(18-11-5-2-6-12-18,19-13-7-3-8-14-19)20-15-9-4-10-16-20/h2-17,24H,1H3,(H2,23,25). The Labute approximate surface area is 148 Å². The molecular weight excluding hydrogens is 308 g/mol. The van der Waals surface area contributed by atoms with Crippen LogP contribution in [0.15, 0.2) is 91.0 Å². The van der Waals surface area contributed by atoms with Crippen LogP contribution in [0.25, 0.3) is 0 Å². The minimum Gasteiger partial charge on any atom is -0.368 e. The van der Waals surface area contributed by atoms with Gasteiger partial charge in [0.1, 0.15) is 0 Å². The summed E-state index contributed by atoms with van der Waals surface area (Å²) in [5.74, 6) is -0.382. The summed E-state index contributed by atoms with van der Waals surface area (Å²) in [5, 5.41) is 3.50. The first-order valence-corrected chi connectivity index (χ1v) is 8.38. The van der Waals surface area contributed by atoms with Crippen LogP contribution in [0.1, 0.15) is 23.6 Å². The molecule has 0 saturated heterocycles. The lowest BCUT2D eigenvalue weighted by atomic mass is 9.76. The molecule has 0 aromatic heterocycles. The molecule has 0 aliphatic carbocycles. The van der Waals surface area contributed by atoms with Gasteiger partial charge in [-0.25, -0.2) is 0 Å². The molecule has 0 saturated carbocycles. The van der Waals surface area contributed by atoms with Crippen molar-refractivity contribution in [3.05, 3.63) is 108 Å². The van der Waals surface area contributed by atoms with Crippen LogP contribution in [0.5, 0.6) is 0 Å². The van der Waals surface area contributed by atoms with Crippen molar-refractivity contribution < 1.29 is 4.79 Å². The van der Waals surface area contributed by atoms with Crippen LogP contribution < -0.4 is 11.1 Å². The third-order valence-corrected chi connectivity index (χ3v) is 4.48. The van der Waals surface area contributed by atoms with Gasteiger partial charge in [-0.15, -0.1) is 0 Å². The number of rotatable bonds is 6. The van der Waals surface area contributed by atoms with E-state index in [1.165, 1.54) is 0 Å². The maximum Gasteiger partial charge on any atom is 0.234 e. The molecule has 1 atom stereocenters. The molecule has 1 amide bonds. The zero-order chi connectivity index (χ0) is 17.7. The van der Waals surface area contributed by atoms with Crippen LogP contribution >= 0.6 is 0 Å². The molecule has 0 radical (unpaired) electrons. The normalized spacial score (nSPS) is 12.5. The Kier molecular flexibility index (Phi) is 4.96. The van der Waals surface area contributed by atoms with Crippen LogP contribution in [0.4, 0.5) is 0 Å². The molecule has 3 heteroatoms. The zero-order valence-electron chi connectivity index (χ0n) is 14.2. The first-order chi connectivity index (χ1) is 12.1. The van der Waals surface area contributed by atoms with Crippen molar-refractivity contribution in [2.75, 3.05) is 0 Å². The van der Waals surface area contributed by atoms with E-state index in [-0.39, 0.29) is 5.91 Å². The predicted molar refractivity (Wildman–Crippen MR) is 101 cm³/mol. The van der Waals surface area contributed by atoms with Gasteiger partial charge in [-0.1, -0.05) is 91.0 Å². The first-order valence-electron chi connectivity index (χ1n) is 8.38. The van der Waals surface area contributed by atoms with Crippen molar-refractivity contribution >= 4 is 5.91 Å². The molecule has 0 fully saturated rings. The zero-order valence-corrected chi connectivity index (χ0v) is 14.2. The summed E-state index contributed by atoms with van der Waals surface area (Å²) in [7, 11) is 0. The van der Waals surface area contributed by atoms with Crippen LogP contribution in [0.2, 0.25) is 0 Å². The highest BCUT2D eigenvalue weighted by Gasteiger charge is 2.38. The van der Waals surface area contributed by atoms with E-state index in [0.29, 0.717) is 0 Å². The van der Waals surface area contributed by atoms with Gasteiger partial charge in [0.25, 0.3) is 0 Å². The number of amides is 1. The quantitative estimate of drug-likeness (QED) is 0.680. The van der Waals surface area contributed by atoms with Crippen LogP contribution in [0.3, 0.4) is 0 Å². The van der Waals surface area contributed by atoms with Gasteiger partial charge < -0.3 is 5.73 Å². The van der Waals surface area contributed by atoms with Crippen molar-refractivity contribution in [3.8, 4) is 0 Å². The molecule has 0 bridgehead atoms. The highest BCUT2D eigenvalue weighted by atomic mass is 16.1. The molecule has 3 rings (SSSR count). The van der Waals surface area contributed by atoms with Gasteiger partial charge in [0, 0.05) is 0 Å². The molecular formula is C22H22N2O. The van der Waals surface area contributed by atoms with E-state index in [4.69, 9.17) is 5.73 Å². The van der Waals surface area contributed by atoms with Crippen molar-refractivity contribution in [2.45, 2.75) is 18.5 Å². The summed E-state index contributed by atoms with van der Waals surface area (Å²) in [6.45, 7) is 1.80. The molecule has 3 aromatic rings. The van der Waals surface area contributed by atoms with E-state index in [9.17, 15) is 4.79 Å². The fraction of sp³-hybridized carbons (Fsp3) is 0.136. The molecule has 1 unspecified atom stereocenters. The smallest absolute Gasteiger partial charge is 0.234 e. The van der Waals surface area contributed by atoms with Crippen molar-refractivity contribution in [1.29, 1.82) is 0 Å². The summed E-state index contributed by atoms with van der Waals surface area (Å²) in [4.78, 5) is 11.8. The number of hydrogen-bond donors (Lipinski definition) is 2. The lowest BCUT2D eigenvalue weighted by Crippen LogP contribution is -2.53. The Bertz CT molecular complexity index is 720. The van der Waals surface area contributed by atoms with E-state index < -0.39 is 11.6 Å². The lowest BCUT2D eigenvalue weighted by Gasteiger charge is -2.38. The van der Waals surface area contributed by atoms with E-state index in [2.05, 4.69) is 41.7 Å². The van der Waals surface area contributed by atoms with E-state index in [1.54, 1.807) is 6.92 Å². The molecule has 0 aliphatic heterocycles. The number of carbonyl (C=O) groups is 1. The topological polar surface area (TPSA) is 55.1 Å². The Morgan fingerprint density at radius 3 is 1.36 bits per heavy atom. The second-order valence-corrected chi connectivity index (χ2v) is 6.12. The monoisotopic (exact) mass is 330 g/mol. The van der Waals surface area contributed by atoms with Gasteiger partial charge >= 0.3 is 0 Å². The van der Waals surface area contributed by atoms with E-state index >= 15 is 0 Å². The molecule has 0 spiro atoms. The maximum atomic E-state index is 11.8. The van der Waals surface area contributed by atoms with Gasteiger partial charge in [0.15, 0.2) is 0 Å². The minimum absolute atomic E-state index is 0.382. The fourth-order valence-electron chi connectivity index (χ4n) is 3.21. The van der Waals surface area contributed by atoms with Gasteiger partial charge in [0.05, 0.1) is 11.6 Å². The molecule has 0 aliphatic rings. The highest BCUT2D eigenvalue weighted by Crippen LogP contribution is 2.37. The number of carbonyl (C=O) groups excluding carboxylic acids is 1. The summed E-state index contributed by atoms with van der Waals surface area (Å²) in [6, 6.07) is 29.9. The summed E-state index contributed by atoms with van der Waals surface area (Å²) in [5.41, 5.74) is 8.08. The van der Waals surface area contributed by atoms with Crippen molar-refractivity contribution in [2.24, 2.45) is 5.73 Å². The third kappa shape index (κ3) is 3.32. The molecule has 3 N–H and O–H groups in total. The van der Waals surface area contributed by atoms with Crippen molar-refractivity contribution in [1.82, 2.24) is 5.32 Å². The molecule has 3 aromatic carbocycles. The van der Waals surface area contributed by atoms with Crippen LogP contribution in [0, 0.1) is 0 Å². The number of nitrogens with one attached hydrogen (secondary N) is 1. The minimum atomic E-state index is -0.668. The van der Waals surface area contributed by atoms with Crippen molar-refractivity contribution in [3.63, 3.8) is 0 Å². The average Bonchev–Trinajstić information content (AvgIpc) is 2.68. The maximum absolute atomic E-state index is 11.8.